The molecule has 2 aromatic rings. The van der Waals surface area contributed by atoms with Crippen LogP contribution < -0.4 is 10.1 Å². The van der Waals surface area contributed by atoms with Gasteiger partial charge in [-0.2, -0.15) is 13.2 Å². The molecule has 0 saturated heterocycles. The van der Waals surface area contributed by atoms with Crippen LogP contribution in [0.5, 0.6) is 5.75 Å². The molecule has 8 heteroatoms. The fraction of sp³-hybridized carbons (Fsp3) is 0.133. The van der Waals surface area contributed by atoms with E-state index in [1.165, 1.54) is 12.1 Å². The number of carbonyl (C=O) groups excluding carboxylic acids is 1. The predicted octanol–water partition coefficient (Wildman–Crippen LogP) is 5.03. The van der Waals surface area contributed by atoms with E-state index in [-0.39, 0.29) is 23.1 Å². The molecule has 0 aromatic heterocycles. The fourth-order valence-corrected chi connectivity index (χ4v) is 2.00. The lowest BCUT2D eigenvalue weighted by atomic mass is 10.2. The zero-order chi connectivity index (χ0) is 17.0. The van der Waals surface area contributed by atoms with Crippen molar-refractivity contribution in [1.82, 2.24) is 0 Å². The highest BCUT2D eigenvalue weighted by Crippen LogP contribution is 2.30. The van der Waals surface area contributed by atoms with Crippen LogP contribution in [0.15, 0.2) is 42.5 Å². The number of nitrogens with one attached hydrogen (secondary N) is 1. The number of halogens is 5. The maximum Gasteiger partial charge on any atom is 0.416 e. The number of benzene rings is 2. The Hall–Kier alpha value is -1.92. The van der Waals surface area contributed by atoms with E-state index in [1.807, 2.05) is 0 Å². The summed E-state index contributed by atoms with van der Waals surface area (Å²) in [4.78, 5) is 11.7. The van der Waals surface area contributed by atoms with Gasteiger partial charge in [0.1, 0.15) is 5.75 Å². The smallest absolute Gasteiger partial charge is 0.416 e. The molecule has 0 aliphatic heterocycles. The summed E-state index contributed by atoms with van der Waals surface area (Å²) in [5, 5.41) is 3.10. The molecular weight excluding hydrogens is 354 g/mol. The van der Waals surface area contributed by atoms with Gasteiger partial charge < -0.3 is 10.1 Å². The molecule has 2 aromatic carbocycles. The molecule has 0 saturated carbocycles. The van der Waals surface area contributed by atoms with Gasteiger partial charge in [-0.3, -0.25) is 4.79 Å². The van der Waals surface area contributed by atoms with Crippen LogP contribution in [0.2, 0.25) is 10.0 Å². The Labute approximate surface area is 140 Å². The van der Waals surface area contributed by atoms with Crippen LogP contribution in [-0.2, 0) is 11.0 Å². The highest BCUT2D eigenvalue weighted by atomic mass is 35.5. The topological polar surface area (TPSA) is 38.3 Å². The number of hydrogen-bond acceptors (Lipinski definition) is 2. The highest BCUT2D eigenvalue weighted by Gasteiger charge is 2.29. The van der Waals surface area contributed by atoms with Crippen molar-refractivity contribution < 1.29 is 22.7 Å². The first-order chi connectivity index (χ1) is 10.8. The summed E-state index contributed by atoms with van der Waals surface area (Å²) in [5.74, 6) is -0.303. The highest BCUT2D eigenvalue weighted by molar-refractivity contribution is 6.34. The molecule has 2 rings (SSSR count). The number of amides is 1. The normalized spacial score (nSPS) is 11.2. The molecule has 122 valence electrons. The first-order valence-corrected chi connectivity index (χ1v) is 7.06. The van der Waals surface area contributed by atoms with Crippen molar-refractivity contribution in [3.8, 4) is 5.75 Å². The van der Waals surface area contributed by atoms with Gasteiger partial charge in [0.15, 0.2) is 6.61 Å². The van der Waals surface area contributed by atoms with Crippen molar-refractivity contribution in [2.45, 2.75) is 6.18 Å². The third-order valence-electron chi connectivity index (χ3n) is 2.75. The zero-order valence-corrected chi connectivity index (χ0v) is 13.0. The van der Waals surface area contributed by atoms with Crippen molar-refractivity contribution >= 4 is 34.8 Å². The van der Waals surface area contributed by atoms with E-state index in [4.69, 9.17) is 27.9 Å². The SMILES string of the molecule is O=C(COc1cc(Cl)ccc1Cl)Nc1ccc(C(F)(F)F)cc1. The van der Waals surface area contributed by atoms with Gasteiger partial charge >= 0.3 is 6.18 Å². The first kappa shape index (κ1) is 17.4. The summed E-state index contributed by atoms with van der Waals surface area (Å²) >= 11 is 11.7. The first-order valence-electron chi connectivity index (χ1n) is 6.30. The summed E-state index contributed by atoms with van der Waals surface area (Å²) in [6.45, 7) is -0.360. The van der Waals surface area contributed by atoms with E-state index in [2.05, 4.69) is 5.32 Å². The minimum Gasteiger partial charge on any atom is -0.482 e. The molecule has 0 radical (unpaired) electrons. The maximum absolute atomic E-state index is 12.4. The van der Waals surface area contributed by atoms with Crippen molar-refractivity contribution in [2.75, 3.05) is 11.9 Å². The van der Waals surface area contributed by atoms with Crippen molar-refractivity contribution in [1.29, 1.82) is 0 Å². The number of hydrogen-bond donors (Lipinski definition) is 1. The molecule has 0 aliphatic carbocycles. The summed E-state index contributed by atoms with van der Waals surface area (Å²) in [6.07, 6.45) is -4.42. The van der Waals surface area contributed by atoms with Crippen LogP contribution in [0.4, 0.5) is 18.9 Å². The van der Waals surface area contributed by atoms with E-state index in [0.29, 0.717) is 5.02 Å². The minimum absolute atomic E-state index is 0.226. The molecular formula is C15H10Cl2F3NO2. The second-order valence-corrected chi connectivity index (χ2v) is 5.33. The average molecular weight is 364 g/mol. The minimum atomic E-state index is -4.42. The Balaban J connectivity index is 1.93. The average Bonchev–Trinajstić information content (AvgIpc) is 2.48. The number of carbonyl (C=O) groups is 1. The van der Waals surface area contributed by atoms with Crippen LogP contribution in [0.1, 0.15) is 5.56 Å². The molecule has 0 atom stereocenters. The molecule has 23 heavy (non-hydrogen) atoms. The van der Waals surface area contributed by atoms with Gasteiger partial charge in [0.25, 0.3) is 5.91 Å². The second-order valence-electron chi connectivity index (χ2n) is 4.49. The van der Waals surface area contributed by atoms with E-state index >= 15 is 0 Å². The third-order valence-corrected chi connectivity index (χ3v) is 3.30. The second kappa shape index (κ2) is 7.10. The maximum atomic E-state index is 12.4. The van der Waals surface area contributed by atoms with Crippen molar-refractivity contribution in [3.05, 3.63) is 58.1 Å². The van der Waals surface area contributed by atoms with Crippen LogP contribution in [0.3, 0.4) is 0 Å². The number of alkyl halides is 3. The molecule has 0 heterocycles. The Morgan fingerprint density at radius 3 is 2.35 bits per heavy atom. The molecule has 0 spiro atoms. The summed E-state index contributed by atoms with van der Waals surface area (Å²) in [5.41, 5.74) is -0.568. The van der Waals surface area contributed by atoms with Gasteiger partial charge in [0.05, 0.1) is 10.6 Å². The van der Waals surface area contributed by atoms with Gasteiger partial charge in [-0.05, 0) is 36.4 Å². The van der Waals surface area contributed by atoms with Crippen LogP contribution in [-0.4, -0.2) is 12.5 Å². The lowest BCUT2D eigenvalue weighted by Crippen LogP contribution is -2.20. The largest absolute Gasteiger partial charge is 0.482 e. The Morgan fingerprint density at radius 1 is 1.09 bits per heavy atom. The van der Waals surface area contributed by atoms with Gasteiger partial charge in [0.2, 0.25) is 0 Å². The molecule has 3 nitrogen and oxygen atoms in total. The van der Waals surface area contributed by atoms with Crippen molar-refractivity contribution in [3.63, 3.8) is 0 Å². The fourth-order valence-electron chi connectivity index (χ4n) is 1.67. The molecule has 0 fully saturated rings. The Kier molecular flexibility index (Phi) is 5.38. The molecule has 1 N–H and O–H groups in total. The van der Waals surface area contributed by atoms with Gasteiger partial charge in [-0.1, -0.05) is 23.2 Å². The third kappa shape index (κ3) is 5.04. The monoisotopic (exact) mass is 363 g/mol. The van der Waals surface area contributed by atoms with E-state index in [0.717, 1.165) is 24.3 Å². The van der Waals surface area contributed by atoms with Crippen molar-refractivity contribution in [2.24, 2.45) is 0 Å². The predicted molar refractivity (Wildman–Crippen MR) is 82.0 cm³/mol. The van der Waals surface area contributed by atoms with E-state index < -0.39 is 17.6 Å². The van der Waals surface area contributed by atoms with Crippen LogP contribution in [0.25, 0.3) is 0 Å². The standard InChI is InChI=1S/C15H10Cl2F3NO2/c16-10-3-6-12(17)13(7-10)23-8-14(22)21-11-4-1-9(2-5-11)15(18,19)20/h1-7H,8H2,(H,21,22). The quantitative estimate of drug-likeness (QED) is 0.827. The molecule has 0 aliphatic rings. The van der Waals surface area contributed by atoms with Gasteiger partial charge in [0, 0.05) is 16.8 Å². The summed E-state index contributed by atoms with van der Waals surface area (Å²) in [6, 6.07) is 8.62. The lowest BCUT2D eigenvalue weighted by Gasteiger charge is -2.10. The van der Waals surface area contributed by atoms with Crippen LogP contribution >= 0.6 is 23.2 Å². The molecule has 0 bridgehead atoms. The summed E-state index contributed by atoms with van der Waals surface area (Å²) < 4.78 is 42.5. The van der Waals surface area contributed by atoms with E-state index in [1.54, 1.807) is 6.07 Å². The molecule has 1 amide bonds. The number of anilines is 1. The van der Waals surface area contributed by atoms with Crippen LogP contribution in [0, 0.1) is 0 Å². The Bertz CT molecular complexity index is 703. The Morgan fingerprint density at radius 2 is 1.74 bits per heavy atom. The van der Waals surface area contributed by atoms with E-state index in [9.17, 15) is 18.0 Å². The molecule has 0 unspecified atom stereocenters. The summed E-state index contributed by atoms with van der Waals surface area (Å²) in [7, 11) is 0. The van der Waals surface area contributed by atoms with Gasteiger partial charge in [-0.15, -0.1) is 0 Å². The zero-order valence-electron chi connectivity index (χ0n) is 11.5. The lowest BCUT2D eigenvalue weighted by molar-refractivity contribution is -0.137. The van der Waals surface area contributed by atoms with Gasteiger partial charge in [-0.25, -0.2) is 0 Å². The number of ether oxygens (including phenoxy) is 1. The number of rotatable bonds is 4.